The summed E-state index contributed by atoms with van der Waals surface area (Å²) in [5, 5.41) is 8.83. The van der Waals surface area contributed by atoms with E-state index in [0.717, 1.165) is 0 Å². The molecule has 0 aromatic rings. The van der Waals surface area contributed by atoms with Crippen molar-refractivity contribution in [3.05, 3.63) is 0 Å². The first kappa shape index (κ1) is 16.8. The van der Waals surface area contributed by atoms with E-state index >= 15 is 0 Å². The van der Waals surface area contributed by atoms with Crippen LogP contribution in [0, 0.1) is 5.41 Å². The highest BCUT2D eigenvalue weighted by Gasteiger charge is 2.55. The van der Waals surface area contributed by atoms with Crippen LogP contribution in [0.15, 0.2) is 0 Å². The molecule has 0 heterocycles. The Morgan fingerprint density at radius 3 is 1.94 bits per heavy atom. The maximum Gasteiger partial charge on any atom is 0.423 e. The number of alkyl halides is 3. The Morgan fingerprint density at radius 1 is 1.22 bits per heavy atom. The van der Waals surface area contributed by atoms with E-state index in [1.54, 1.807) is 5.32 Å². The molecule has 1 amide bonds. The number of carbonyl (C=O) groups excluding carboxylic acids is 1. The number of alkyl carbamates (subject to hydrolysis) is 1. The lowest BCUT2D eigenvalue weighted by Crippen LogP contribution is -2.57. The monoisotopic (exact) mass is 266 g/mol. The molecule has 0 saturated heterocycles. The number of halogens is 3. The predicted molar refractivity (Wildman–Crippen MR) is 58.4 cm³/mol. The number of nitrogens with one attached hydrogen (secondary N) is 2. The maximum absolute atomic E-state index is 12.6. The molecular formula is C9H14BF3N2O3. The molecule has 0 aliphatic carbocycles. The van der Waals surface area contributed by atoms with Crippen molar-refractivity contribution in [2.24, 2.45) is 0 Å². The van der Waals surface area contributed by atoms with Crippen LogP contribution in [0.1, 0.15) is 27.7 Å². The van der Waals surface area contributed by atoms with Crippen molar-refractivity contribution in [3.8, 4) is 0 Å². The van der Waals surface area contributed by atoms with Gasteiger partial charge in [0.2, 0.25) is 5.60 Å². The van der Waals surface area contributed by atoms with Crippen molar-refractivity contribution < 1.29 is 27.4 Å². The number of hydrogen-bond donors (Lipinski definition) is 2. The van der Waals surface area contributed by atoms with Crippen LogP contribution in [0.25, 0.3) is 0 Å². The van der Waals surface area contributed by atoms with E-state index in [1.165, 1.54) is 20.8 Å². The molecule has 2 radical (unpaired) electrons. The maximum atomic E-state index is 12.6. The van der Waals surface area contributed by atoms with Gasteiger partial charge >= 0.3 is 12.3 Å². The van der Waals surface area contributed by atoms with Gasteiger partial charge in [-0.05, 0) is 27.7 Å². The Morgan fingerprint density at radius 2 is 1.67 bits per heavy atom. The summed E-state index contributed by atoms with van der Waals surface area (Å²) in [5.74, 6) is -1.26. The van der Waals surface area contributed by atoms with Crippen molar-refractivity contribution in [2.45, 2.75) is 45.1 Å². The van der Waals surface area contributed by atoms with Crippen LogP contribution in [0.2, 0.25) is 0 Å². The zero-order valence-electron chi connectivity index (χ0n) is 10.4. The Hall–Kier alpha value is -1.25. The SMILES string of the molecule is [B]O[C@](C)(C(=N)NC(=O)OC(C)(C)C)C(F)(F)F. The molecule has 5 nitrogen and oxygen atoms in total. The molecule has 0 aliphatic rings. The molecule has 0 aliphatic heterocycles. The molecule has 0 unspecified atom stereocenters. The highest BCUT2D eigenvalue weighted by atomic mass is 19.4. The van der Waals surface area contributed by atoms with E-state index in [9.17, 15) is 18.0 Å². The van der Waals surface area contributed by atoms with Crippen molar-refractivity contribution in [3.63, 3.8) is 0 Å². The Kier molecular flexibility index (Phi) is 4.81. The van der Waals surface area contributed by atoms with Crippen molar-refractivity contribution in [1.29, 1.82) is 5.41 Å². The molecule has 1 atom stereocenters. The van der Waals surface area contributed by atoms with Crippen LogP contribution in [-0.4, -0.2) is 37.4 Å². The molecule has 0 aromatic heterocycles. The first-order valence-corrected chi connectivity index (χ1v) is 4.87. The Bertz CT molecular complexity index is 341. The highest BCUT2D eigenvalue weighted by Crippen LogP contribution is 2.33. The third kappa shape index (κ3) is 4.21. The lowest BCUT2D eigenvalue weighted by Gasteiger charge is -2.32. The number of rotatable bonds is 2. The van der Waals surface area contributed by atoms with Gasteiger partial charge in [-0.15, -0.1) is 0 Å². The van der Waals surface area contributed by atoms with Gasteiger partial charge in [-0.1, -0.05) is 0 Å². The first-order valence-electron chi connectivity index (χ1n) is 4.87. The third-order valence-corrected chi connectivity index (χ3v) is 1.88. The van der Waals surface area contributed by atoms with Gasteiger partial charge in [-0.2, -0.15) is 13.2 Å². The van der Waals surface area contributed by atoms with Gasteiger partial charge in [-0.25, -0.2) is 4.79 Å². The molecule has 9 heteroatoms. The second kappa shape index (κ2) is 5.17. The quantitative estimate of drug-likeness (QED) is 0.455. The van der Waals surface area contributed by atoms with E-state index in [4.69, 9.17) is 10.1 Å². The second-order valence-electron chi connectivity index (χ2n) is 4.65. The van der Waals surface area contributed by atoms with E-state index in [-0.39, 0.29) is 0 Å². The average Bonchev–Trinajstić information content (AvgIpc) is 2.10. The molecule has 18 heavy (non-hydrogen) atoms. The van der Waals surface area contributed by atoms with Gasteiger partial charge in [0.25, 0.3) is 8.05 Å². The largest absolute Gasteiger partial charge is 0.444 e. The number of carbonyl (C=O) groups is 1. The zero-order chi connectivity index (χ0) is 14.8. The molecule has 0 aromatic carbocycles. The lowest BCUT2D eigenvalue weighted by atomic mass is 10.0. The van der Waals surface area contributed by atoms with Crippen LogP contribution in [0.5, 0.6) is 0 Å². The van der Waals surface area contributed by atoms with Crippen molar-refractivity contribution in [2.75, 3.05) is 0 Å². The minimum Gasteiger partial charge on any atom is -0.444 e. The normalized spacial score (nSPS) is 15.7. The third-order valence-electron chi connectivity index (χ3n) is 1.88. The average molecular weight is 266 g/mol. The fourth-order valence-corrected chi connectivity index (χ4v) is 0.792. The Labute approximate surface area is 104 Å². The van der Waals surface area contributed by atoms with Crippen LogP contribution >= 0.6 is 0 Å². The molecule has 102 valence electrons. The summed E-state index contributed by atoms with van der Waals surface area (Å²) in [6.45, 7) is 5.10. The van der Waals surface area contributed by atoms with Gasteiger partial charge in [-0.3, -0.25) is 10.7 Å². The standard InChI is InChI=1S/C9H14BF3N2O3/c1-7(2,3)17-6(16)15-5(14)8(4,18-10)9(11,12)13/h1-4H3,(H2,14,15,16)/t8-/m1/s1. The molecular weight excluding hydrogens is 252 g/mol. The summed E-state index contributed by atoms with van der Waals surface area (Å²) in [7, 11) is 4.54. The molecule has 0 rings (SSSR count). The van der Waals surface area contributed by atoms with Crippen LogP contribution < -0.4 is 5.32 Å². The van der Waals surface area contributed by atoms with Gasteiger partial charge in [0.05, 0.1) is 0 Å². The lowest BCUT2D eigenvalue weighted by molar-refractivity contribution is -0.214. The van der Waals surface area contributed by atoms with Crippen molar-refractivity contribution >= 4 is 20.0 Å². The highest BCUT2D eigenvalue weighted by molar-refractivity contribution is 6.04. The summed E-state index contributed by atoms with van der Waals surface area (Å²) >= 11 is 0. The molecule has 0 fully saturated rings. The van der Waals surface area contributed by atoms with E-state index < -0.39 is 29.3 Å². The van der Waals surface area contributed by atoms with Crippen LogP contribution in [-0.2, 0) is 9.39 Å². The summed E-state index contributed by atoms with van der Waals surface area (Å²) in [6.07, 6.45) is -6.14. The summed E-state index contributed by atoms with van der Waals surface area (Å²) in [4.78, 5) is 11.2. The number of amidine groups is 1. The van der Waals surface area contributed by atoms with Crippen LogP contribution in [0.3, 0.4) is 0 Å². The minimum atomic E-state index is -4.95. The topological polar surface area (TPSA) is 71.4 Å². The zero-order valence-corrected chi connectivity index (χ0v) is 10.4. The molecule has 0 spiro atoms. The Balaban J connectivity index is 4.81. The van der Waals surface area contributed by atoms with Gasteiger partial charge in [0, 0.05) is 0 Å². The fraction of sp³-hybridized carbons (Fsp3) is 0.778. The smallest absolute Gasteiger partial charge is 0.423 e. The van der Waals surface area contributed by atoms with E-state index in [2.05, 4.69) is 12.7 Å². The number of amides is 1. The number of hydrogen-bond acceptors (Lipinski definition) is 4. The van der Waals surface area contributed by atoms with E-state index in [1.807, 2.05) is 0 Å². The van der Waals surface area contributed by atoms with Crippen molar-refractivity contribution in [1.82, 2.24) is 5.32 Å². The van der Waals surface area contributed by atoms with Gasteiger partial charge in [0.1, 0.15) is 11.4 Å². The molecule has 0 bridgehead atoms. The summed E-state index contributed by atoms with van der Waals surface area (Å²) < 4.78 is 46.3. The number of ether oxygens (including phenoxy) is 1. The summed E-state index contributed by atoms with van der Waals surface area (Å²) in [5.41, 5.74) is -4.01. The van der Waals surface area contributed by atoms with Crippen LogP contribution in [0.4, 0.5) is 18.0 Å². The first-order chi connectivity index (χ1) is 7.83. The summed E-state index contributed by atoms with van der Waals surface area (Å²) in [6, 6.07) is 0. The molecule has 0 saturated carbocycles. The fourth-order valence-electron chi connectivity index (χ4n) is 0.792. The van der Waals surface area contributed by atoms with Gasteiger partial charge in [0.15, 0.2) is 0 Å². The second-order valence-corrected chi connectivity index (χ2v) is 4.65. The minimum absolute atomic E-state index is 0.521. The predicted octanol–water partition coefficient (Wildman–Crippen LogP) is 1.91. The van der Waals surface area contributed by atoms with Gasteiger partial charge < -0.3 is 9.39 Å². The van der Waals surface area contributed by atoms with E-state index in [0.29, 0.717) is 6.92 Å². The molecule has 2 N–H and O–H groups in total.